The SMILES string of the molecule is C=C(C)C(=O)O.C=C(C)C(=O)OC.C=CCl. The van der Waals surface area contributed by atoms with Crippen LogP contribution in [0, 0.1) is 0 Å². The molecule has 0 radical (unpaired) electrons. The number of carboxylic acids is 1. The van der Waals surface area contributed by atoms with Crippen molar-refractivity contribution in [1.29, 1.82) is 0 Å². The van der Waals surface area contributed by atoms with E-state index in [1.165, 1.54) is 19.6 Å². The van der Waals surface area contributed by atoms with Gasteiger partial charge in [0, 0.05) is 11.1 Å². The second-order valence-electron chi connectivity index (χ2n) is 2.51. The van der Waals surface area contributed by atoms with Gasteiger partial charge in [0.15, 0.2) is 0 Å². The first-order valence-corrected chi connectivity index (χ1v) is 4.51. The molecule has 0 aromatic heterocycles. The average molecular weight is 249 g/mol. The fourth-order valence-electron chi connectivity index (χ4n) is 0.174. The third kappa shape index (κ3) is 22.9. The van der Waals surface area contributed by atoms with E-state index in [9.17, 15) is 9.59 Å². The third-order valence-electron chi connectivity index (χ3n) is 0.899. The largest absolute Gasteiger partial charge is 0.478 e. The van der Waals surface area contributed by atoms with E-state index < -0.39 is 5.97 Å². The molecule has 0 aromatic rings. The number of carbonyl (C=O) groups is 2. The van der Waals surface area contributed by atoms with Crippen LogP contribution in [0.3, 0.4) is 0 Å². The minimum absolute atomic E-state index is 0.176. The molecule has 16 heavy (non-hydrogen) atoms. The zero-order valence-electron chi connectivity index (χ0n) is 9.75. The summed E-state index contributed by atoms with van der Waals surface area (Å²) in [5.41, 5.74) is 1.83. The van der Waals surface area contributed by atoms with Gasteiger partial charge in [0.05, 0.1) is 7.11 Å². The second-order valence-corrected chi connectivity index (χ2v) is 2.82. The summed E-state index contributed by atoms with van der Waals surface area (Å²) in [4.78, 5) is 19.8. The van der Waals surface area contributed by atoms with E-state index in [0.29, 0.717) is 5.57 Å². The molecule has 0 amide bonds. The van der Waals surface area contributed by atoms with E-state index in [0.717, 1.165) is 0 Å². The molecule has 0 spiro atoms. The molecule has 0 aliphatic rings. The van der Waals surface area contributed by atoms with Gasteiger partial charge in [-0.15, -0.1) is 0 Å². The molecule has 0 bridgehead atoms. The van der Waals surface area contributed by atoms with Crippen molar-refractivity contribution in [2.45, 2.75) is 13.8 Å². The second kappa shape index (κ2) is 13.4. The van der Waals surface area contributed by atoms with Gasteiger partial charge in [0.2, 0.25) is 0 Å². The molecule has 0 rings (SSSR count). The van der Waals surface area contributed by atoms with Crippen LogP contribution < -0.4 is 0 Å². The Bertz CT molecular complexity index is 257. The number of ether oxygens (including phenoxy) is 1. The van der Waals surface area contributed by atoms with Crippen LogP contribution in [0.5, 0.6) is 0 Å². The number of hydrogen-bond acceptors (Lipinski definition) is 3. The lowest BCUT2D eigenvalue weighted by atomic mass is 10.4. The first kappa shape index (κ1) is 19.9. The summed E-state index contributed by atoms with van der Waals surface area (Å²) >= 11 is 4.76. The molecule has 92 valence electrons. The Labute approximate surface area is 101 Å². The summed E-state index contributed by atoms with van der Waals surface area (Å²) in [5.74, 6) is -1.28. The summed E-state index contributed by atoms with van der Waals surface area (Å²) in [6, 6.07) is 0. The van der Waals surface area contributed by atoms with Crippen molar-refractivity contribution >= 4 is 23.5 Å². The van der Waals surface area contributed by atoms with E-state index in [1.54, 1.807) is 6.92 Å². The fourth-order valence-corrected chi connectivity index (χ4v) is 0.174. The van der Waals surface area contributed by atoms with Crippen molar-refractivity contribution in [2.75, 3.05) is 7.11 Å². The molecule has 1 N–H and O–H groups in total. The van der Waals surface area contributed by atoms with Crippen molar-refractivity contribution in [2.24, 2.45) is 0 Å². The molecule has 4 nitrogen and oxygen atoms in total. The summed E-state index contributed by atoms with van der Waals surface area (Å²) < 4.78 is 4.27. The van der Waals surface area contributed by atoms with E-state index in [-0.39, 0.29) is 11.5 Å². The molecular weight excluding hydrogens is 232 g/mol. The molecule has 0 aromatic carbocycles. The maximum absolute atomic E-state index is 10.2. The molecule has 0 heterocycles. The number of aliphatic carboxylic acids is 1. The number of carboxylic acid groups (broad SMARTS) is 1. The minimum atomic E-state index is -0.935. The monoisotopic (exact) mass is 248 g/mol. The summed E-state index contributed by atoms with van der Waals surface area (Å²) in [7, 11) is 1.33. The Morgan fingerprint density at radius 1 is 1.25 bits per heavy atom. The van der Waals surface area contributed by atoms with Gasteiger partial charge < -0.3 is 9.84 Å². The number of hydrogen-bond donors (Lipinski definition) is 1. The fraction of sp³-hybridized carbons (Fsp3) is 0.273. The van der Waals surface area contributed by atoms with Gasteiger partial charge in [-0.3, -0.25) is 0 Å². The molecule has 0 aliphatic heterocycles. The van der Waals surface area contributed by atoms with Gasteiger partial charge >= 0.3 is 11.9 Å². The van der Waals surface area contributed by atoms with E-state index >= 15 is 0 Å². The Balaban J connectivity index is -0.000000172. The van der Waals surface area contributed by atoms with Crippen molar-refractivity contribution in [3.05, 3.63) is 36.4 Å². The number of methoxy groups -OCH3 is 1. The van der Waals surface area contributed by atoms with Gasteiger partial charge in [-0.25, -0.2) is 9.59 Å². The number of halogens is 1. The topological polar surface area (TPSA) is 63.6 Å². The Kier molecular flexibility index (Phi) is 16.8. The normalized spacial score (nSPS) is 7.00. The third-order valence-corrected chi connectivity index (χ3v) is 0.899. The Hall–Kier alpha value is -1.55. The van der Waals surface area contributed by atoms with Crippen molar-refractivity contribution < 1.29 is 19.4 Å². The molecule has 5 heteroatoms. The van der Waals surface area contributed by atoms with Gasteiger partial charge in [-0.2, -0.15) is 0 Å². The smallest absolute Gasteiger partial charge is 0.332 e. The lowest BCUT2D eigenvalue weighted by Crippen LogP contribution is -1.98. The number of carbonyl (C=O) groups excluding carboxylic acids is 1. The van der Waals surface area contributed by atoms with Gasteiger partial charge in [0.25, 0.3) is 0 Å². The summed E-state index contributed by atoms with van der Waals surface area (Å²) in [6.45, 7) is 12.7. The highest BCUT2D eigenvalue weighted by Gasteiger charge is 1.95. The molecule has 0 fully saturated rings. The van der Waals surface area contributed by atoms with Crippen LogP contribution in [-0.4, -0.2) is 24.2 Å². The number of rotatable bonds is 2. The van der Waals surface area contributed by atoms with E-state index in [4.69, 9.17) is 16.7 Å². The Morgan fingerprint density at radius 2 is 1.50 bits per heavy atom. The van der Waals surface area contributed by atoms with Crippen LogP contribution in [0.25, 0.3) is 0 Å². The standard InChI is InChI=1S/C5H8O2.C4H6O2.C2H3Cl/c1-4(2)5(6)7-3;1-3(2)4(5)6;1-2-3/h1H2,2-3H3;1H2,2H3,(H,5,6);2H,1H2. The Morgan fingerprint density at radius 3 is 1.50 bits per heavy atom. The van der Waals surface area contributed by atoms with Gasteiger partial charge in [-0.1, -0.05) is 31.3 Å². The predicted molar refractivity (Wildman–Crippen MR) is 65.3 cm³/mol. The van der Waals surface area contributed by atoms with Crippen LogP contribution in [0.15, 0.2) is 36.4 Å². The quantitative estimate of drug-likeness (QED) is 0.603. The first-order valence-electron chi connectivity index (χ1n) is 4.08. The lowest BCUT2D eigenvalue weighted by Gasteiger charge is -1.91. The van der Waals surface area contributed by atoms with Gasteiger partial charge in [0.1, 0.15) is 0 Å². The van der Waals surface area contributed by atoms with Gasteiger partial charge in [-0.05, 0) is 19.4 Å². The highest BCUT2D eigenvalue weighted by molar-refractivity contribution is 6.25. The zero-order chi connectivity index (χ0) is 13.7. The average Bonchev–Trinajstić information content (AvgIpc) is 2.18. The highest BCUT2D eigenvalue weighted by atomic mass is 35.5. The van der Waals surface area contributed by atoms with Crippen molar-refractivity contribution in [3.8, 4) is 0 Å². The summed E-state index contributed by atoms with van der Waals surface area (Å²) in [5, 5.41) is 7.89. The van der Waals surface area contributed by atoms with Crippen LogP contribution in [0.2, 0.25) is 0 Å². The maximum atomic E-state index is 10.2. The van der Waals surface area contributed by atoms with E-state index in [1.807, 2.05) is 0 Å². The molecule has 0 aliphatic carbocycles. The summed E-state index contributed by atoms with van der Waals surface area (Å²) in [6.07, 6.45) is 0. The minimum Gasteiger partial charge on any atom is -0.478 e. The first-order chi connectivity index (χ1) is 7.24. The predicted octanol–water partition coefficient (Wildman–Crippen LogP) is 2.75. The maximum Gasteiger partial charge on any atom is 0.332 e. The van der Waals surface area contributed by atoms with Crippen molar-refractivity contribution in [3.63, 3.8) is 0 Å². The zero-order valence-corrected chi connectivity index (χ0v) is 10.5. The highest BCUT2D eigenvalue weighted by Crippen LogP contribution is 1.87. The van der Waals surface area contributed by atoms with Crippen LogP contribution in [0.1, 0.15) is 13.8 Å². The van der Waals surface area contributed by atoms with Crippen molar-refractivity contribution in [1.82, 2.24) is 0 Å². The molecule has 0 saturated heterocycles. The molecule has 0 atom stereocenters. The van der Waals surface area contributed by atoms with Crippen LogP contribution >= 0.6 is 11.6 Å². The van der Waals surface area contributed by atoms with Crippen LogP contribution in [0.4, 0.5) is 0 Å². The number of esters is 1. The lowest BCUT2D eigenvalue weighted by molar-refractivity contribution is -0.136. The molecule has 0 unspecified atom stereocenters. The van der Waals surface area contributed by atoms with E-state index in [2.05, 4.69) is 24.5 Å². The molecular formula is C11H17ClO4. The van der Waals surface area contributed by atoms with Crippen LogP contribution in [-0.2, 0) is 14.3 Å². The molecule has 0 saturated carbocycles.